The number of likely N-dealkylation sites (N-methyl/N-ethyl adjacent to an activating group) is 1. The normalized spacial score (nSPS) is 15.5. The molecule has 7 rings (SSSR count). The summed E-state index contributed by atoms with van der Waals surface area (Å²) in [5.74, 6) is 1.05. The molecule has 1 fully saturated rings. The zero-order valence-corrected chi connectivity index (χ0v) is 24.9. The second-order valence-corrected chi connectivity index (χ2v) is 12.3. The van der Waals surface area contributed by atoms with Crippen molar-refractivity contribution in [3.8, 4) is 16.2 Å². The maximum absolute atomic E-state index is 13.2. The number of anilines is 2. The number of nitrogens with one attached hydrogen (secondary N) is 1. The number of piperazine rings is 1. The number of aromatic nitrogens is 4. The van der Waals surface area contributed by atoms with Gasteiger partial charge < -0.3 is 15.0 Å². The minimum absolute atomic E-state index is 0.273. The number of hydrogen-bond donors (Lipinski definition) is 1. The topological polar surface area (TPSA) is 71.3 Å². The number of benzene rings is 2. The predicted molar refractivity (Wildman–Crippen MR) is 165 cm³/mol. The van der Waals surface area contributed by atoms with E-state index in [2.05, 4.69) is 43.0 Å². The van der Waals surface area contributed by atoms with E-state index >= 15 is 0 Å². The molecule has 1 aliphatic carbocycles. The third-order valence-electron chi connectivity index (χ3n) is 8.03. The van der Waals surface area contributed by atoms with Crippen LogP contribution in [0.15, 0.2) is 55.0 Å². The maximum atomic E-state index is 13.2. The zero-order chi connectivity index (χ0) is 28.6. The number of hydrogen-bond acceptors (Lipinski definition) is 8. The molecule has 0 saturated carbocycles. The van der Waals surface area contributed by atoms with Gasteiger partial charge in [0.05, 0.1) is 22.6 Å². The second-order valence-electron chi connectivity index (χ2n) is 10.9. The first-order valence-electron chi connectivity index (χ1n) is 14.2. The molecule has 3 aromatic heterocycles. The van der Waals surface area contributed by atoms with Crippen LogP contribution in [-0.2, 0) is 26.0 Å². The van der Waals surface area contributed by atoms with Gasteiger partial charge in [-0.2, -0.15) is 5.10 Å². The van der Waals surface area contributed by atoms with Gasteiger partial charge in [0.15, 0.2) is 0 Å². The number of nitrogens with zero attached hydrogens (tertiary/aromatic N) is 6. The molecule has 8 nitrogen and oxygen atoms in total. The van der Waals surface area contributed by atoms with E-state index in [0.29, 0.717) is 17.4 Å². The highest BCUT2D eigenvalue weighted by Crippen LogP contribution is 2.45. The lowest BCUT2D eigenvalue weighted by atomic mass is 9.95. The number of halogens is 2. The molecule has 2 aromatic carbocycles. The SMILES string of the molecule is CN1CCN(CCn2cc3c(n2)CCc2c-3sc3ncnc(Nc4ccc(OCc5ccc(F)cc5)c(Cl)c4)c23)CC1. The highest BCUT2D eigenvalue weighted by atomic mass is 35.5. The van der Waals surface area contributed by atoms with Crippen molar-refractivity contribution in [3.63, 3.8) is 0 Å². The van der Waals surface area contributed by atoms with Gasteiger partial charge in [0, 0.05) is 55.0 Å². The molecule has 0 radical (unpaired) electrons. The van der Waals surface area contributed by atoms with Crippen molar-refractivity contribution in [1.29, 1.82) is 0 Å². The summed E-state index contributed by atoms with van der Waals surface area (Å²) in [5, 5.41) is 9.96. The summed E-state index contributed by atoms with van der Waals surface area (Å²) < 4.78 is 21.2. The van der Waals surface area contributed by atoms with Gasteiger partial charge in [-0.3, -0.25) is 9.58 Å². The van der Waals surface area contributed by atoms with E-state index < -0.39 is 0 Å². The minimum atomic E-state index is -0.273. The average molecular weight is 604 g/mol. The van der Waals surface area contributed by atoms with Gasteiger partial charge in [-0.15, -0.1) is 11.3 Å². The fourth-order valence-electron chi connectivity index (χ4n) is 5.62. The first kappa shape index (κ1) is 27.3. The Balaban J connectivity index is 1.08. The summed E-state index contributed by atoms with van der Waals surface area (Å²) in [4.78, 5) is 16.3. The van der Waals surface area contributed by atoms with Crippen molar-refractivity contribution in [2.24, 2.45) is 0 Å². The predicted octanol–water partition coefficient (Wildman–Crippen LogP) is 6.02. The molecular formula is C31H31ClFN7OS. The second kappa shape index (κ2) is 11.6. The van der Waals surface area contributed by atoms with Gasteiger partial charge in [-0.05, 0) is 61.3 Å². The number of thiophene rings is 1. The van der Waals surface area contributed by atoms with Crippen LogP contribution in [0, 0.1) is 5.82 Å². The van der Waals surface area contributed by atoms with Crippen LogP contribution in [0.2, 0.25) is 5.02 Å². The standard InChI is InChI=1S/C31H31ClFN7OS/c1-38-10-12-39(13-11-38)14-15-40-17-24-26(37-40)8-7-23-28-30(34-19-35-31(28)42-29(23)24)36-22-6-9-27(25(32)16-22)41-18-20-2-4-21(33)5-3-20/h2-6,9,16-17,19H,7-8,10-15,18H2,1H3,(H,34,35,36). The summed E-state index contributed by atoms with van der Waals surface area (Å²) in [6.45, 7) is 6.70. The quantitative estimate of drug-likeness (QED) is 0.233. The molecular weight excluding hydrogens is 573 g/mol. The van der Waals surface area contributed by atoms with Crippen molar-refractivity contribution in [2.75, 3.05) is 45.1 Å². The molecule has 0 amide bonds. The molecule has 1 N–H and O–H groups in total. The van der Waals surface area contributed by atoms with Gasteiger partial charge in [-0.1, -0.05) is 23.7 Å². The molecule has 2 aliphatic rings. The van der Waals surface area contributed by atoms with E-state index in [4.69, 9.17) is 21.4 Å². The molecule has 1 saturated heterocycles. The van der Waals surface area contributed by atoms with Crippen LogP contribution in [0.4, 0.5) is 15.9 Å². The fraction of sp³-hybridized carbons (Fsp3) is 0.323. The number of aryl methyl sites for hydroxylation is 2. The van der Waals surface area contributed by atoms with E-state index in [1.165, 1.54) is 28.1 Å². The molecule has 11 heteroatoms. The smallest absolute Gasteiger partial charge is 0.142 e. The number of ether oxygens (including phenoxy) is 1. The lowest BCUT2D eigenvalue weighted by molar-refractivity contribution is 0.148. The molecule has 0 atom stereocenters. The Morgan fingerprint density at radius 1 is 1.02 bits per heavy atom. The highest BCUT2D eigenvalue weighted by molar-refractivity contribution is 7.22. The Morgan fingerprint density at radius 3 is 2.67 bits per heavy atom. The molecule has 0 spiro atoms. The summed E-state index contributed by atoms with van der Waals surface area (Å²) in [7, 11) is 2.19. The van der Waals surface area contributed by atoms with E-state index in [1.54, 1.807) is 29.8 Å². The summed E-state index contributed by atoms with van der Waals surface area (Å²) in [6.07, 6.45) is 5.62. The lowest BCUT2D eigenvalue weighted by Crippen LogP contribution is -2.45. The largest absolute Gasteiger partial charge is 0.487 e. The first-order chi connectivity index (χ1) is 20.5. The van der Waals surface area contributed by atoms with Crippen LogP contribution in [-0.4, -0.2) is 69.3 Å². The molecule has 5 aromatic rings. The van der Waals surface area contributed by atoms with E-state index in [-0.39, 0.29) is 5.82 Å². The van der Waals surface area contributed by atoms with Crippen molar-refractivity contribution < 1.29 is 9.13 Å². The zero-order valence-electron chi connectivity index (χ0n) is 23.3. The third-order valence-corrected chi connectivity index (χ3v) is 9.49. The van der Waals surface area contributed by atoms with Gasteiger partial charge in [0.1, 0.15) is 35.1 Å². The minimum Gasteiger partial charge on any atom is -0.487 e. The van der Waals surface area contributed by atoms with Crippen LogP contribution in [0.25, 0.3) is 20.7 Å². The van der Waals surface area contributed by atoms with Crippen molar-refractivity contribution in [2.45, 2.75) is 26.0 Å². The lowest BCUT2D eigenvalue weighted by Gasteiger charge is -2.32. The molecule has 0 unspecified atom stereocenters. The van der Waals surface area contributed by atoms with Crippen LogP contribution < -0.4 is 10.1 Å². The number of rotatable bonds is 8. The fourth-order valence-corrected chi connectivity index (χ4v) is 7.08. The van der Waals surface area contributed by atoms with Gasteiger partial charge >= 0.3 is 0 Å². The van der Waals surface area contributed by atoms with Crippen molar-refractivity contribution in [1.82, 2.24) is 29.5 Å². The van der Waals surface area contributed by atoms with Crippen LogP contribution in [0.1, 0.15) is 16.8 Å². The Kier molecular flexibility index (Phi) is 7.54. The third kappa shape index (κ3) is 5.59. The Morgan fingerprint density at radius 2 is 1.86 bits per heavy atom. The van der Waals surface area contributed by atoms with Gasteiger partial charge in [-0.25, -0.2) is 14.4 Å². The Hall–Kier alpha value is -3.57. The monoisotopic (exact) mass is 603 g/mol. The molecule has 42 heavy (non-hydrogen) atoms. The molecule has 0 bridgehead atoms. The van der Waals surface area contributed by atoms with Crippen LogP contribution >= 0.6 is 22.9 Å². The maximum Gasteiger partial charge on any atom is 0.142 e. The summed E-state index contributed by atoms with van der Waals surface area (Å²) >= 11 is 8.28. The summed E-state index contributed by atoms with van der Waals surface area (Å²) in [5.41, 5.74) is 5.33. The van der Waals surface area contributed by atoms with Crippen molar-refractivity contribution >= 4 is 44.7 Å². The van der Waals surface area contributed by atoms with Gasteiger partial charge in [0.2, 0.25) is 0 Å². The first-order valence-corrected chi connectivity index (χ1v) is 15.4. The molecule has 216 valence electrons. The molecule has 4 heterocycles. The van der Waals surface area contributed by atoms with Crippen LogP contribution in [0.3, 0.4) is 0 Å². The van der Waals surface area contributed by atoms with Gasteiger partial charge in [0.25, 0.3) is 0 Å². The van der Waals surface area contributed by atoms with Crippen LogP contribution in [0.5, 0.6) is 5.75 Å². The number of fused-ring (bicyclic) bond motifs is 5. The van der Waals surface area contributed by atoms with Crippen molar-refractivity contribution in [3.05, 3.63) is 82.6 Å². The Bertz CT molecular complexity index is 1730. The molecule has 1 aliphatic heterocycles. The average Bonchev–Trinajstić information content (AvgIpc) is 3.59. The van der Waals surface area contributed by atoms with E-state index in [9.17, 15) is 4.39 Å². The summed E-state index contributed by atoms with van der Waals surface area (Å²) in [6, 6.07) is 11.8. The Labute approximate surface area is 252 Å². The highest BCUT2D eigenvalue weighted by Gasteiger charge is 2.26. The van der Waals surface area contributed by atoms with E-state index in [1.807, 2.05) is 18.2 Å². The van der Waals surface area contributed by atoms with E-state index in [0.717, 1.165) is 85.1 Å².